The highest BCUT2D eigenvalue weighted by atomic mass is 32.2. The molecular weight excluding hydrogens is 368 g/mol. The van der Waals surface area contributed by atoms with Crippen LogP contribution in [0.4, 0.5) is 0 Å². The Balaban J connectivity index is 2.03. The number of hydrogen-bond acceptors (Lipinski definition) is 5. The van der Waals surface area contributed by atoms with Crippen LogP contribution in [0, 0.1) is 5.92 Å². The zero-order valence-electron chi connectivity index (χ0n) is 16.5. The predicted octanol–water partition coefficient (Wildman–Crippen LogP) is 2.41. The average Bonchev–Trinajstić information content (AvgIpc) is 2.67. The molecule has 27 heavy (non-hydrogen) atoms. The number of carbonyl (C=O) groups is 1. The minimum absolute atomic E-state index is 0.0270. The summed E-state index contributed by atoms with van der Waals surface area (Å²) in [6.07, 6.45) is 3.01. The summed E-state index contributed by atoms with van der Waals surface area (Å²) in [5.41, 5.74) is 0. The first-order valence-electron chi connectivity index (χ1n) is 9.36. The molecule has 2 rings (SSSR count). The topological polar surface area (TPSA) is 84.9 Å². The third-order valence-electron chi connectivity index (χ3n) is 4.93. The number of nitrogens with one attached hydrogen (secondary N) is 1. The molecule has 0 aliphatic carbocycles. The van der Waals surface area contributed by atoms with Gasteiger partial charge in [0.15, 0.2) is 11.5 Å². The minimum atomic E-state index is -3.63. The lowest BCUT2D eigenvalue weighted by Gasteiger charge is -2.31. The highest BCUT2D eigenvalue weighted by Gasteiger charge is 2.32. The highest BCUT2D eigenvalue weighted by molar-refractivity contribution is 7.89. The number of sulfonamides is 1. The lowest BCUT2D eigenvalue weighted by molar-refractivity contribution is -0.126. The SMILES string of the molecule is CCCC(C)NC(=O)C1CCN(S(=O)(=O)c2ccc(OC)c(OC)c2)CC1. The van der Waals surface area contributed by atoms with E-state index in [4.69, 9.17) is 9.47 Å². The maximum absolute atomic E-state index is 12.9. The number of piperidine rings is 1. The second-order valence-electron chi connectivity index (χ2n) is 6.89. The lowest BCUT2D eigenvalue weighted by Crippen LogP contribution is -2.44. The van der Waals surface area contributed by atoms with Gasteiger partial charge in [0, 0.05) is 31.1 Å². The second-order valence-corrected chi connectivity index (χ2v) is 8.83. The van der Waals surface area contributed by atoms with Crippen LogP contribution in [0.3, 0.4) is 0 Å². The maximum atomic E-state index is 12.9. The molecule has 0 saturated carbocycles. The van der Waals surface area contributed by atoms with E-state index in [2.05, 4.69) is 12.2 Å². The van der Waals surface area contributed by atoms with Crippen LogP contribution >= 0.6 is 0 Å². The Morgan fingerprint density at radius 1 is 1.22 bits per heavy atom. The van der Waals surface area contributed by atoms with Crippen LogP contribution in [0.5, 0.6) is 11.5 Å². The van der Waals surface area contributed by atoms with Gasteiger partial charge in [-0.2, -0.15) is 4.31 Å². The van der Waals surface area contributed by atoms with Crippen molar-refractivity contribution in [1.29, 1.82) is 0 Å². The Bertz CT molecular complexity index is 742. The summed E-state index contributed by atoms with van der Waals surface area (Å²) in [7, 11) is -0.661. The van der Waals surface area contributed by atoms with Gasteiger partial charge in [0.2, 0.25) is 15.9 Å². The summed E-state index contributed by atoms with van der Waals surface area (Å²) in [6.45, 7) is 4.74. The molecule has 1 amide bonds. The van der Waals surface area contributed by atoms with Crippen LogP contribution in [-0.4, -0.2) is 52.0 Å². The third kappa shape index (κ3) is 5.13. The van der Waals surface area contributed by atoms with Gasteiger partial charge in [0.05, 0.1) is 19.1 Å². The van der Waals surface area contributed by atoms with E-state index in [0.717, 1.165) is 12.8 Å². The van der Waals surface area contributed by atoms with Gasteiger partial charge in [-0.1, -0.05) is 13.3 Å². The van der Waals surface area contributed by atoms with Crippen molar-refractivity contribution in [3.8, 4) is 11.5 Å². The number of amides is 1. The van der Waals surface area contributed by atoms with E-state index in [0.29, 0.717) is 37.4 Å². The molecule has 152 valence electrons. The first kappa shape index (κ1) is 21.5. The molecule has 0 aromatic heterocycles. The number of ether oxygens (including phenoxy) is 2. The summed E-state index contributed by atoms with van der Waals surface area (Å²) in [5, 5.41) is 3.03. The van der Waals surface area contributed by atoms with Crippen LogP contribution in [0.1, 0.15) is 39.5 Å². The number of hydrogen-bond donors (Lipinski definition) is 1. The van der Waals surface area contributed by atoms with E-state index in [1.807, 2.05) is 6.92 Å². The maximum Gasteiger partial charge on any atom is 0.243 e. The van der Waals surface area contributed by atoms with Crippen molar-refractivity contribution in [3.63, 3.8) is 0 Å². The molecule has 1 aliphatic heterocycles. The fourth-order valence-corrected chi connectivity index (χ4v) is 4.84. The van der Waals surface area contributed by atoms with Gasteiger partial charge in [-0.05, 0) is 38.3 Å². The van der Waals surface area contributed by atoms with E-state index in [-0.39, 0.29) is 22.8 Å². The van der Waals surface area contributed by atoms with Crippen LogP contribution in [0.25, 0.3) is 0 Å². The van der Waals surface area contributed by atoms with Crippen LogP contribution in [0.15, 0.2) is 23.1 Å². The van der Waals surface area contributed by atoms with E-state index >= 15 is 0 Å². The molecule has 1 aromatic rings. The molecule has 0 spiro atoms. The Kier molecular flexibility index (Phi) is 7.49. The van der Waals surface area contributed by atoms with Crippen molar-refractivity contribution in [3.05, 3.63) is 18.2 Å². The Hall–Kier alpha value is -1.80. The first-order valence-corrected chi connectivity index (χ1v) is 10.8. The molecule has 1 N–H and O–H groups in total. The standard InChI is InChI=1S/C19H30N2O5S/c1-5-6-14(2)20-19(22)15-9-11-21(12-10-15)27(23,24)16-7-8-17(25-3)18(13-16)26-4/h7-8,13-15H,5-6,9-12H2,1-4H3,(H,20,22). The molecule has 1 atom stereocenters. The molecule has 0 radical (unpaired) electrons. The molecule has 1 aromatic carbocycles. The third-order valence-corrected chi connectivity index (χ3v) is 6.82. The minimum Gasteiger partial charge on any atom is -0.493 e. The van der Waals surface area contributed by atoms with Gasteiger partial charge in [-0.25, -0.2) is 8.42 Å². The highest BCUT2D eigenvalue weighted by Crippen LogP contribution is 2.32. The molecular formula is C19H30N2O5S. The number of benzene rings is 1. The zero-order chi connectivity index (χ0) is 20.0. The van der Waals surface area contributed by atoms with Crippen molar-refractivity contribution >= 4 is 15.9 Å². The number of rotatable bonds is 8. The number of carbonyl (C=O) groups excluding carboxylic acids is 1. The van der Waals surface area contributed by atoms with E-state index in [1.54, 1.807) is 6.07 Å². The first-order chi connectivity index (χ1) is 12.8. The van der Waals surface area contributed by atoms with Gasteiger partial charge in [-0.15, -0.1) is 0 Å². The predicted molar refractivity (Wildman–Crippen MR) is 104 cm³/mol. The Labute approximate surface area is 162 Å². The van der Waals surface area contributed by atoms with E-state index in [1.165, 1.54) is 30.7 Å². The molecule has 8 heteroatoms. The van der Waals surface area contributed by atoms with Crippen molar-refractivity contribution in [2.45, 2.75) is 50.5 Å². The summed E-state index contributed by atoms with van der Waals surface area (Å²) in [5.74, 6) is 0.742. The summed E-state index contributed by atoms with van der Waals surface area (Å²) in [4.78, 5) is 12.5. The molecule has 7 nitrogen and oxygen atoms in total. The fourth-order valence-electron chi connectivity index (χ4n) is 3.35. The molecule has 0 bridgehead atoms. The van der Waals surface area contributed by atoms with Crippen LogP contribution in [0.2, 0.25) is 0 Å². The van der Waals surface area contributed by atoms with Crippen molar-refractivity contribution in [2.24, 2.45) is 5.92 Å². The Morgan fingerprint density at radius 2 is 1.85 bits per heavy atom. The van der Waals surface area contributed by atoms with Crippen molar-refractivity contribution in [2.75, 3.05) is 27.3 Å². The van der Waals surface area contributed by atoms with Gasteiger partial charge in [0.1, 0.15) is 0 Å². The van der Waals surface area contributed by atoms with Crippen LogP contribution in [-0.2, 0) is 14.8 Å². The summed E-state index contributed by atoms with van der Waals surface area (Å²) < 4.78 is 37.6. The van der Waals surface area contributed by atoms with Gasteiger partial charge in [-0.3, -0.25) is 4.79 Å². The van der Waals surface area contributed by atoms with Gasteiger partial charge in [0.25, 0.3) is 0 Å². The lowest BCUT2D eigenvalue weighted by atomic mass is 9.96. The number of nitrogens with zero attached hydrogens (tertiary/aromatic N) is 1. The van der Waals surface area contributed by atoms with E-state index in [9.17, 15) is 13.2 Å². The zero-order valence-corrected chi connectivity index (χ0v) is 17.3. The fraction of sp³-hybridized carbons (Fsp3) is 0.632. The molecule has 1 unspecified atom stereocenters. The van der Waals surface area contributed by atoms with Crippen LogP contribution < -0.4 is 14.8 Å². The van der Waals surface area contributed by atoms with E-state index < -0.39 is 10.0 Å². The Morgan fingerprint density at radius 3 is 2.41 bits per heavy atom. The summed E-state index contributed by atoms with van der Waals surface area (Å²) >= 11 is 0. The summed E-state index contributed by atoms with van der Waals surface area (Å²) in [6, 6.07) is 4.72. The normalized spacial score (nSPS) is 17.3. The molecule has 1 saturated heterocycles. The quantitative estimate of drug-likeness (QED) is 0.727. The largest absolute Gasteiger partial charge is 0.493 e. The van der Waals surface area contributed by atoms with Gasteiger partial charge < -0.3 is 14.8 Å². The molecule has 1 heterocycles. The monoisotopic (exact) mass is 398 g/mol. The van der Waals surface area contributed by atoms with Gasteiger partial charge >= 0.3 is 0 Å². The smallest absolute Gasteiger partial charge is 0.243 e. The number of methoxy groups -OCH3 is 2. The second kappa shape index (κ2) is 9.41. The van der Waals surface area contributed by atoms with Crippen molar-refractivity contribution in [1.82, 2.24) is 9.62 Å². The molecule has 1 aliphatic rings. The molecule has 1 fully saturated rings. The van der Waals surface area contributed by atoms with Crippen molar-refractivity contribution < 1.29 is 22.7 Å². The average molecular weight is 399 g/mol.